The van der Waals surface area contributed by atoms with Crippen molar-refractivity contribution in [2.24, 2.45) is 4.99 Å². The Morgan fingerprint density at radius 2 is 2.04 bits per heavy atom. The zero-order valence-corrected chi connectivity index (χ0v) is 15.2. The Kier molecular flexibility index (Phi) is 7.62. The molecule has 1 heterocycles. The first-order valence-corrected chi connectivity index (χ1v) is 8.84. The van der Waals surface area contributed by atoms with Crippen LogP contribution in [0.1, 0.15) is 30.9 Å². The second-order valence-electron chi connectivity index (χ2n) is 6.13. The van der Waals surface area contributed by atoms with Crippen molar-refractivity contribution in [1.29, 1.82) is 0 Å². The molecular formula is C18H26F2N4O2. The summed E-state index contributed by atoms with van der Waals surface area (Å²) in [4.78, 5) is 18.3. The summed E-state index contributed by atoms with van der Waals surface area (Å²) in [6.45, 7) is 3.44. The van der Waals surface area contributed by atoms with Crippen LogP contribution in [0.2, 0.25) is 0 Å². The lowest BCUT2D eigenvalue weighted by Gasteiger charge is -2.17. The van der Waals surface area contributed by atoms with Crippen molar-refractivity contribution in [2.45, 2.75) is 39.8 Å². The first-order chi connectivity index (χ1) is 12.5. The molecule has 0 spiro atoms. The Morgan fingerprint density at radius 3 is 2.69 bits per heavy atom. The van der Waals surface area contributed by atoms with Crippen molar-refractivity contribution >= 4 is 11.9 Å². The number of alkyl halides is 2. The minimum Gasteiger partial charge on any atom is -0.434 e. The molecule has 0 radical (unpaired) electrons. The highest BCUT2D eigenvalue weighted by Gasteiger charge is 2.17. The first-order valence-electron chi connectivity index (χ1n) is 8.84. The fourth-order valence-corrected chi connectivity index (χ4v) is 2.79. The molecule has 144 valence electrons. The summed E-state index contributed by atoms with van der Waals surface area (Å²) in [5.41, 5.74) is 1.49. The monoisotopic (exact) mass is 368 g/mol. The van der Waals surface area contributed by atoms with Gasteiger partial charge in [-0.25, -0.2) is 4.99 Å². The number of rotatable bonds is 7. The van der Waals surface area contributed by atoms with Gasteiger partial charge >= 0.3 is 6.61 Å². The van der Waals surface area contributed by atoms with Crippen LogP contribution in [0.25, 0.3) is 0 Å². The summed E-state index contributed by atoms with van der Waals surface area (Å²) in [6, 6.07) is 4.99. The lowest BCUT2D eigenvalue weighted by Crippen LogP contribution is -2.44. The van der Waals surface area contributed by atoms with E-state index in [9.17, 15) is 13.6 Å². The Morgan fingerprint density at radius 1 is 1.31 bits per heavy atom. The number of amides is 1. The van der Waals surface area contributed by atoms with Gasteiger partial charge in [0.1, 0.15) is 5.75 Å². The van der Waals surface area contributed by atoms with Gasteiger partial charge in [0.25, 0.3) is 0 Å². The SMILES string of the molecule is CCNC(=NCc1cc(C)ccc1OC(F)F)NCC(=O)N1CCCC1. The van der Waals surface area contributed by atoms with Crippen molar-refractivity contribution in [3.8, 4) is 5.75 Å². The Balaban J connectivity index is 2.01. The number of benzene rings is 1. The van der Waals surface area contributed by atoms with Crippen LogP contribution in [-0.4, -0.2) is 49.6 Å². The standard InChI is InChI=1S/C18H26F2N4O2/c1-3-21-18(23-12-16(25)24-8-4-5-9-24)22-11-14-10-13(2)6-7-15(14)26-17(19)20/h6-7,10,17H,3-5,8-9,11-12H2,1-2H3,(H2,21,22,23). The molecule has 8 heteroatoms. The summed E-state index contributed by atoms with van der Waals surface area (Å²) < 4.78 is 29.7. The predicted octanol–water partition coefficient (Wildman–Crippen LogP) is 2.27. The molecule has 1 amide bonds. The number of aliphatic imine (C=N–C) groups is 1. The molecule has 1 aromatic rings. The maximum absolute atomic E-state index is 12.6. The minimum atomic E-state index is -2.88. The van der Waals surface area contributed by atoms with Crippen LogP contribution in [0, 0.1) is 6.92 Å². The number of guanidine groups is 1. The van der Waals surface area contributed by atoms with Gasteiger partial charge in [-0.1, -0.05) is 17.7 Å². The average Bonchev–Trinajstić information content (AvgIpc) is 3.13. The van der Waals surface area contributed by atoms with E-state index in [-0.39, 0.29) is 24.7 Å². The minimum absolute atomic E-state index is 0.0328. The number of carbonyl (C=O) groups is 1. The van der Waals surface area contributed by atoms with Gasteiger partial charge in [0, 0.05) is 25.2 Å². The van der Waals surface area contributed by atoms with E-state index in [2.05, 4.69) is 20.4 Å². The van der Waals surface area contributed by atoms with Gasteiger partial charge in [-0.2, -0.15) is 8.78 Å². The van der Waals surface area contributed by atoms with E-state index < -0.39 is 6.61 Å². The Bertz CT molecular complexity index is 632. The van der Waals surface area contributed by atoms with Crippen molar-refractivity contribution in [3.05, 3.63) is 29.3 Å². The van der Waals surface area contributed by atoms with E-state index in [4.69, 9.17) is 0 Å². The molecular weight excluding hydrogens is 342 g/mol. The lowest BCUT2D eigenvalue weighted by atomic mass is 10.1. The number of ether oxygens (including phenoxy) is 1. The number of nitrogens with one attached hydrogen (secondary N) is 2. The third-order valence-electron chi connectivity index (χ3n) is 4.05. The van der Waals surface area contributed by atoms with Crippen LogP contribution in [0.3, 0.4) is 0 Å². The number of hydrogen-bond acceptors (Lipinski definition) is 3. The van der Waals surface area contributed by atoms with Gasteiger partial charge in [-0.15, -0.1) is 0 Å². The van der Waals surface area contributed by atoms with Crippen LogP contribution < -0.4 is 15.4 Å². The molecule has 1 fully saturated rings. The molecule has 0 atom stereocenters. The lowest BCUT2D eigenvalue weighted by molar-refractivity contribution is -0.128. The molecule has 1 aromatic carbocycles. The van der Waals surface area contributed by atoms with Gasteiger partial charge in [-0.05, 0) is 32.8 Å². The highest BCUT2D eigenvalue weighted by atomic mass is 19.3. The third-order valence-corrected chi connectivity index (χ3v) is 4.05. The van der Waals surface area contributed by atoms with Crippen molar-refractivity contribution in [3.63, 3.8) is 0 Å². The molecule has 2 rings (SSSR count). The van der Waals surface area contributed by atoms with Gasteiger partial charge in [0.2, 0.25) is 5.91 Å². The number of nitrogens with zero attached hydrogens (tertiary/aromatic N) is 2. The maximum atomic E-state index is 12.6. The van der Waals surface area contributed by atoms with Gasteiger partial charge in [0.15, 0.2) is 5.96 Å². The van der Waals surface area contributed by atoms with E-state index in [1.807, 2.05) is 18.7 Å². The quantitative estimate of drug-likeness (QED) is 0.572. The van der Waals surface area contributed by atoms with Crippen molar-refractivity contribution < 1.29 is 18.3 Å². The molecule has 6 nitrogen and oxygen atoms in total. The number of likely N-dealkylation sites (tertiary alicyclic amines) is 1. The van der Waals surface area contributed by atoms with Crippen molar-refractivity contribution in [1.82, 2.24) is 15.5 Å². The molecule has 1 aliphatic heterocycles. The summed E-state index contributed by atoms with van der Waals surface area (Å²) in [6.07, 6.45) is 2.08. The van der Waals surface area contributed by atoms with E-state index in [1.54, 1.807) is 12.1 Å². The number of hydrogen-bond donors (Lipinski definition) is 2. The Hall–Kier alpha value is -2.38. The zero-order valence-electron chi connectivity index (χ0n) is 15.2. The van der Waals surface area contributed by atoms with Gasteiger partial charge in [-0.3, -0.25) is 4.79 Å². The van der Waals surface area contributed by atoms with E-state index in [1.165, 1.54) is 6.07 Å². The highest BCUT2D eigenvalue weighted by Crippen LogP contribution is 2.22. The molecule has 0 unspecified atom stereocenters. The fourth-order valence-electron chi connectivity index (χ4n) is 2.79. The third kappa shape index (κ3) is 6.16. The van der Waals surface area contributed by atoms with Crippen LogP contribution in [0.5, 0.6) is 5.75 Å². The van der Waals surface area contributed by atoms with Gasteiger partial charge < -0.3 is 20.3 Å². The summed E-state index contributed by atoms with van der Waals surface area (Å²) in [5, 5.41) is 6.05. The van der Waals surface area contributed by atoms with Gasteiger partial charge in [0.05, 0.1) is 13.1 Å². The number of aryl methyl sites for hydroxylation is 1. The predicted molar refractivity (Wildman–Crippen MR) is 96.4 cm³/mol. The molecule has 0 aliphatic carbocycles. The van der Waals surface area contributed by atoms with Crippen LogP contribution in [-0.2, 0) is 11.3 Å². The van der Waals surface area contributed by atoms with Crippen molar-refractivity contribution in [2.75, 3.05) is 26.2 Å². The molecule has 1 saturated heterocycles. The second-order valence-corrected chi connectivity index (χ2v) is 6.13. The van der Waals surface area contributed by atoms with Crippen LogP contribution in [0.15, 0.2) is 23.2 Å². The second kappa shape index (κ2) is 9.94. The largest absolute Gasteiger partial charge is 0.434 e. The van der Waals surface area contributed by atoms with E-state index in [0.29, 0.717) is 18.1 Å². The molecule has 0 bridgehead atoms. The van der Waals surface area contributed by atoms with E-state index in [0.717, 1.165) is 31.5 Å². The van der Waals surface area contributed by atoms with Crippen LogP contribution >= 0.6 is 0 Å². The normalized spacial score (nSPS) is 14.7. The highest BCUT2D eigenvalue weighted by molar-refractivity contribution is 5.86. The summed E-state index contributed by atoms with van der Waals surface area (Å²) in [5.74, 6) is 0.605. The maximum Gasteiger partial charge on any atom is 0.387 e. The average molecular weight is 368 g/mol. The summed E-state index contributed by atoms with van der Waals surface area (Å²) in [7, 11) is 0. The summed E-state index contributed by atoms with van der Waals surface area (Å²) >= 11 is 0. The van der Waals surface area contributed by atoms with E-state index >= 15 is 0 Å². The Labute approximate surface area is 152 Å². The van der Waals surface area contributed by atoms with Crippen LogP contribution in [0.4, 0.5) is 8.78 Å². The molecule has 0 saturated carbocycles. The first kappa shape index (κ1) is 19.9. The zero-order chi connectivity index (χ0) is 18.9. The molecule has 0 aromatic heterocycles. The smallest absolute Gasteiger partial charge is 0.387 e. The number of carbonyl (C=O) groups excluding carboxylic acids is 1. The fraction of sp³-hybridized carbons (Fsp3) is 0.556. The molecule has 26 heavy (non-hydrogen) atoms. The molecule has 2 N–H and O–H groups in total. The number of halogens is 2. The molecule has 1 aliphatic rings. The topological polar surface area (TPSA) is 66.0 Å².